The Hall–Kier alpha value is -4.89. The molecule has 0 aliphatic carbocycles. The minimum Gasteiger partial charge on any atom is -0.379 e. The molecule has 2 aromatic carbocycles. The molecule has 2 saturated heterocycles. The van der Waals surface area contributed by atoms with Crippen LogP contribution in [0.4, 0.5) is 11.4 Å². The van der Waals surface area contributed by atoms with E-state index in [0.29, 0.717) is 46.4 Å². The molecule has 15 heteroatoms. The average molecular weight is 832 g/mol. The second kappa shape index (κ2) is 18.8. The van der Waals surface area contributed by atoms with Crippen LogP contribution in [-0.4, -0.2) is 87.9 Å². The number of aromatic nitrogens is 2. The molecule has 14 nitrogen and oxygen atoms in total. The molecule has 0 saturated carbocycles. The molecule has 0 bridgehead atoms. The number of amides is 5. The number of aryl methyl sites for hydroxylation is 1. The van der Waals surface area contributed by atoms with Crippen molar-refractivity contribution in [1.82, 2.24) is 30.2 Å². The van der Waals surface area contributed by atoms with Crippen molar-refractivity contribution >= 4 is 56.8 Å². The third kappa shape index (κ3) is 10.3. The number of unbranched alkanes of at least 4 members (excludes halogenated alkanes) is 6. The van der Waals surface area contributed by atoms with E-state index >= 15 is 0 Å². The molecule has 0 spiro atoms. The van der Waals surface area contributed by atoms with Gasteiger partial charge in [-0.05, 0) is 96.0 Å². The number of halogens is 1. The molecule has 2 fully saturated rings. The lowest BCUT2D eigenvalue weighted by molar-refractivity contribution is -0.137. The highest BCUT2D eigenvalue weighted by molar-refractivity contribution is 9.10. The fourth-order valence-corrected chi connectivity index (χ4v) is 8.35. The molecule has 3 atom stereocenters. The Morgan fingerprint density at radius 1 is 0.929 bits per heavy atom. The molecule has 3 aliphatic rings. The topological polar surface area (TPSA) is 175 Å². The smallest absolute Gasteiger partial charge is 0.282 e. The fourth-order valence-electron chi connectivity index (χ4n) is 7.88. The van der Waals surface area contributed by atoms with Crippen LogP contribution in [0.25, 0.3) is 0 Å². The SMILES string of the molecule is CN1C[C@H](Nc2cnn(C)c(=O)c2Br)C[C@H](c2ccc(C(=O)NCCCCCCCCCC(=O)Nc3ccc4c(c3)CN(C3CCC(=O)NC3=O)C4=O)cc2)C1. The number of carbonyl (C=O) groups is 5. The van der Waals surface area contributed by atoms with E-state index < -0.39 is 11.9 Å². The highest BCUT2D eigenvalue weighted by atomic mass is 79.9. The van der Waals surface area contributed by atoms with Crippen LogP contribution in [0.1, 0.15) is 108 Å². The maximum absolute atomic E-state index is 12.9. The van der Waals surface area contributed by atoms with Crippen molar-refractivity contribution in [2.75, 3.05) is 37.3 Å². The van der Waals surface area contributed by atoms with Crippen molar-refractivity contribution in [2.45, 2.75) is 95.2 Å². The van der Waals surface area contributed by atoms with Crippen molar-refractivity contribution in [3.05, 3.63) is 85.7 Å². The average Bonchev–Trinajstić information content (AvgIpc) is 3.50. The number of carbonyl (C=O) groups excluding carboxylic acids is 5. The van der Waals surface area contributed by atoms with Crippen molar-refractivity contribution < 1.29 is 24.0 Å². The number of fused-ring (bicyclic) bond motifs is 1. The van der Waals surface area contributed by atoms with Gasteiger partial charge in [-0.1, -0.05) is 44.2 Å². The van der Waals surface area contributed by atoms with Gasteiger partial charge < -0.3 is 25.8 Å². The van der Waals surface area contributed by atoms with Gasteiger partial charge in [0.2, 0.25) is 17.7 Å². The summed E-state index contributed by atoms with van der Waals surface area (Å²) in [5.74, 6) is -0.862. The standard InChI is InChI=1S/C41H51BrN8O6/c1-48-23-28(20-31(25-48)45-33-22-44-49(2)41(56)37(33)42)26-11-13-27(14-12-26)38(53)43-19-9-7-5-3-4-6-8-10-35(51)46-30-15-16-32-29(21-30)24-50(40(32)55)34-17-18-36(52)47-39(34)54/h11-16,21-22,28,31,34,45H,3-10,17-20,23-25H2,1-2H3,(H,43,53)(H,46,51)(H,47,52,54)/t28-,31+,34?/m0/s1. The number of hydrogen-bond donors (Lipinski definition) is 4. The fraction of sp³-hybridized carbons (Fsp3) is 0.488. The van der Waals surface area contributed by atoms with Crippen LogP contribution in [0.5, 0.6) is 0 Å². The number of likely N-dealkylation sites (N-methyl/N-ethyl adjacent to an activating group) is 1. The molecule has 1 aromatic heterocycles. The van der Waals surface area contributed by atoms with E-state index in [2.05, 4.69) is 54.2 Å². The number of imide groups is 1. The van der Waals surface area contributed by atoms with Crippen molar-refractivity contribution in [3.8, 4) is 0 Å². The van der Waals surface area contributed by atoms with Crippen molar-refractivity contribution in [2.24, 2.45) is 7.05 Å². The van der Waals surface area contributed by atoms with E-state index in [1.807, 2.05) is 24.3 Å². The Bertz CT molecular complexity index is 2000. The molecule has 4 heterocycles. The second-order valence-corrected chi connectivity index (χ2v) is 16.0. The summed E-state index contributed by atoms with van der Waals surface area (Å²) >= 11 is 3.41. The first kappa shape index (κ1) is 40.8. The highest BCUT2D eigenvalue weighted by Crippen LogP contribution is 2.31. The summed E-state index contributed by atoms with van der Waals surface area (Å²) in [4.78, 5) is 78.2. The Morgan fingerprint density at radius 2 is 1.66 bits per heavy atom. The minimum absolute atomic E-state index is 0.0688. The molecule has 1 unspecified atom stereocenters. The summed E-state index contributed by atoms with van der Waals surface area (Å²) in [5, 5.41) is 15.9. The zero-order chi connectivity index (χ0) is 39.8. The number of hydrogen-bond acceptors (Lipinski definition) is 9. The first-order chi connectivity index (χ1) is 27.0. The summed E-state index contributed by atoms with van der Waals surface area (Å²) in [6, 6.07) is 12.6. The van der Waals surface area contributed by atoms with E-state index in [0.717, 1.165) is 70.0 Å². The number of nitrogens with one attached hydrogen (secondary N) is 4. The maximum atomic E-state index is 12.9. The van der Waals surface area contributed by atoms with Gasteiger partial charge in [0.1, 0.15) is 10.5 Å². The number of benzene rings is 2. The van der Waals surface area contributed by atoms with E-state index in [1.54, 1.807) is 31.4 Å². The molecule has 298 valence electrons. The van der Waals surface area contributed by atoms with Gasteiger partial charge in [-0.25, -0.2) is 4.68 Å². The third-order valence-corrected chi connectivity index (χ3v) is 11.7. The van der Waals surface area contributed by atoms with E-state index in [9.17, 15) is 28.8 Å². The quantitative estimate of drug-likeness (QED) is 0.118. The lowest BCUT2D eigenvalue weighted by Gasteiger charge is -2.37. The van der Waals surface area contributed by atoms with Gasteiger partial charge in [-0.15, -0.1) is 0 Å². The number of nitrogens with zero attached hydrogens (tertiary/aromatic N) is 4. The molecular weight excluding hydrogens is 780 g/mol. The van der Waals surface area contributed by atoms with Crippen LogP contribution in [0.15, 0.2) is 57.9 Å². The summed E-state index contributed by atoms with van der Waals surface area (Å²) in [6.07, 6.45) is 10.3. The van der Waals surface area contributed by atoms with Crippen molar-refractivity contribution in [1.29, 1.82) is 0 Å². The molecule has 5 amide bonds. The van der Waals surface area contributed by atoms with Crippen LogP contribution in [0.2, 0.25) is 0 Å². The van der Waals surface area contributed by atoms with Crippen LogP contribution < -0.4 is 26.8 Å². The number of rotatable bonds is 16. The Kier molecular flexibility index (Phi) is 13.7. The summed E-state index contributed by atoms with van der Waals surface area (Å²) in [5.41, 5.74) is 4.23. The summed E-state index contributed by atoms with van der Waals surface area (Å²) in [6.45, 7) is 2.65. The summed E-state index contributed by atoms with van der Waals surface area (Å²) in [7, 11) is 3.72. The predicted molar refractivity (Wildman–Crippen MR) is 216 cm³/mol. The van der Waals surface area contributed by atoms with Gasteiger partial charge in [0.25, 0.3) is 17.4 Å². The Morgan fingerprint density at radius 3 is 2.41 bits per heavy atom. The molecular formula is C41H51BrN8O6. The molecule has 0 radical (unpaired) electrons. The maximum Gasteiger partial charge on any atom is 0.282 e. The molecule has 56 heavy (non-hydrogen) atoms. The number of piperidine rings is 2. The van der Waals surface area contributed by atoms with E-state index in [1.165, 1.54) is 15.1 Å². The zero-order valence-corrected chi connectivity index (χ0v) is 33.7. The first-order valence-corrected chi connectivity index (χ1v) is 20.4. The Balaban J connectivity index is 0.819. The minimum atomic E-state index is -0.668. The monoisotopic (exact) mass is 830 g/mol. The van der Waals surface area contributed by atoms with Gasteiger partial charge in [-0.3, -0.25) is 34.1 Å². The van der Waals surface area contributed by atoms with Gasteiger partial charge in [0, 0.05) is 68.9 Å². The molecule has 6 rings (SSSR count). The highest BCUT2D eigenvalue weighted by Gasteiger charge is 2.39. The molecule has 4 N–H and O–H groups in total. The van der Waals surface area contributed by atoms with Crippen LogP contribution >= 0.6 is 15.9 Å². The first-order valence-electron chi connectivity index (χ1n) is 19.6. The largest absolute Gasteiger partial charge is 0.379 e. The predicted octanol–water partition coefficient (Wildman–Crippen LogP) is 4.69. The lowest BCUT2D eigenvalue weighted by Crippen LogP contribution is -2.52. The normalized spacial score (nSPS) is 19.7. The third-order valence-electron chi connectivity index (χ3n) is 10.9. The molecule has 3 aliphatic heterocycles. The van der Waals surface area contributed by atoms with Crippen LogP contribution in [0.3, 0.4) is 0 Å². The van der Waals surface area contributed by atoms with Crippen LogP contribution in [0, 0.1) is 0 Å². The van der Waals surface area contributed by atoms with Gasteiger partial charge >= 0.3 is 0 Å². The van der Waals surface area contributed by atoms with Gasteiger partial charge in [-0.2, -0.15) is 5.10 Å². The summed E-state index contributed by atoms with van der Waals surface area (Å²) < 4.78 is 1.78. The van der Waals surface area contributed by atoms with E-state index in [4.69, 9.17) is 0 Å². The van der Waals surface area contributed by atoms with Crippen molar-refractivity contribution in [3.63, 3.8) is 0 Å². The number of likely N-dealkylation sites (tertiary alicyclic amines) is 1. The Labute approximate surface area is 335 Å². The van der Waals surface area contributed by atoms with Gasteiger partial charge in [0.05, 0.1) is 11.9 Å². The lowest BCUT2D eigenvalue weighted by atomic mass is 9.87. The molecule has 3 aromatic rings. The van der Waals surface area contributed by atoms with Crippen LogP contribution in [-0.2, 0) is 28.0 Å². The van der Waals surface area contributed by atoms with E-state index in [-0.39, 0.29) is 54.1 Å². The zero-order valence-electron chi connectivity index (χ0n) is 32.1. The number of anilines is 2. The second-order valence-electron chi connectivity index (χ2n) is 15.2. The van der Waals surface area contributed by atoms with Gasteiger partial charge in [0.15, 0.2) is 0 Å².